The molecule has 24 heavy (non-hydrogen) atoms. The van der Waals surface area contributed by atoms with Gasteiger partial charge in [-0.25, -0.2) is 4.79 Å². The molecule has 0 radical (unpaired) electrons. The van der Waals surface area contributed by atoms with Crippen molar-refractivity contribution in [2.24, 2.45) is 5.92 Å². The Bertz CT molecular complexity index is 521. The molecular weight excluding hydrogens is 306 g/mol. The van der Waals surface area contributed by atoms with Gasteiger partial charge < -0.3 is 14.8 Å². The lowest BCUT2D eigenvalue weighted by atomic mass is 9.89. The van der Waals surface area contributed by atoms with Gasteiger partial charge in [0.2, 0.25) is 0 Å². The number of esters is 1. The number of benzene rings is 1. The summed E-state index contributed by atoms with van der Waals surface area (Å²) >= 11 is 0. The summed E-state index contributed by atoms with van der Waals surface area (Å²) in [7, 11) is 0. The van der Waals surface area contributed by atoms with E-state index in [0.717, 1.165) is 6.42 Å². The molecule has 5 heteroatoms. The maximum absolute atomic E-state index is 11.7. The molecule has 5 nitrogen and oxygen atoms in total. The van der Waals surface area contributed by atoms with E-state index in [4.69, 9.17) is 9.47 Å². The molecule has 1 amide bonds. The number of hydrogen-bond acceptors (Lipinski definition) is 4. The first-order valence-electron chi connectivity index (χ1n) is 8.81. The first-order chi connectivity index (χ1) is 11.7. The number of amides is 1. The summed E-state index contributed by atoms with van der Waals surface area (Å²) in [5.74, 6) is 0.391. The van der Waals surface area contributed by atoms with E-state index >= 15 is 0 Å². The molecule has 0 saturated heterocycles. The SMILES string of the molecule is CCc1ccc(OCC(=O)OCC(=O)NCC2CCCCC2)cc1. The minimum absolute atomic E-state index is 0.193. The normalized spacial score (nSPS) is 14.9. The van der Waals surface area contributed by atoms with Crippen molar-refractivity contribution < 1.29 is 19.1 Å². The van der Waals surface area contributed by atoms with Crippen molar-refractivity contribution in [1.29, 1.82) is 0 Å². The molecule has 0 bridgehead atoms. The fourth-order valence-electron chi connectivity index (χ4n) is 2.85. The van der Waals surface area contributed by atoms with E-state index in [9.17, 15) is 9.59 Å². The second kappa shape index (κ2) is 9.96. The largest absolute Gasteiger partial charge is 0.482 e. The van der Waals surface area contributed by atoms with Crippen molar-refractivity contribution in [2.45, 2.75) is 45.4 Å². The molecule has 0 aromatic heterocycles. The number of carbonyl (C=O) groups is 2. The number of ether oxygens (including phenoxy) is 2. The Morgan fingerprint density at radius 2 is 1.79 bits per heavy atom. The molecule has 132 valence electrons. The summed E-state index contributed by atoms with van der Waals surface area (Å²) in [4.78, 5) is 23.3. The molecule has 1 fully saturated rings. The summed E-state index contributed by atoms with van der Waals surface area (Å²) in [6.07, 6.45) is 7.08. The van der Waals surface area contributed by atoms with Crippen LogP contribution in [0.3, 0.4) is 0 Å². The second-order valence-electron chi connectivity index (χ2n) is 6.25. The average molecular weight is 333 g/mol. The summed E-state index contributed by atoms with van der Waals surface area (Å²) in [6, 6.07) is 7.56. The van der Waals surface area contributed by atoms with E-state index < -0.39 is 5.97 Å². The highest BCUT2D eigenvalue weighted by Gasteiger charge is 2.15. The van der Waals surface area contributed by atoms with Crippen LogP contribution in [-0.2, 0) is 20.7 Å². The molecule has 0 heterocycles. The predicted octanol–water partition coefficient (Wildman–Crippen LogP) is 2.87. The second-order valence-corrected chi connectivity index (χ2v) is 6.25. The Labute approximate surface area is 143 Å². The van der Waals surface area contributed by atoms with E-state index in [2.05, 4.69) is 12.2 Å². The predicted molar refractivity (Wildman–Crippen MR) is 91.9 cm³/mol. The molecule has 0 spiro atoms. The van der Waals surface area contributed by atoms with Crippen molar-refractivity contribution >= 4 is 11.9 Å². The standard InChI is InChI=1S/C19H27NO4/c1-2-15-8-10-17(11-9-15)23-14-19(22)24-13-18(21)20-12-16-6-4-3-5-7-16/h8-11,16H,2-7,12-14H2,1H3,(H,20,21). The van der Waals surface area contributed by atoms with Gasteiger partial charge in [-0.1, -0.05) is 38.3 Å². The molecule has 1 aromatic carbocycles. The molecule has 1 N–H and O–H groups in total. The fraction of sp³-hybridized carbons (Fsp3) is 0.579. The molecule has 0 unspecified atom stereocenters. The third kappa shape index (κ3) is 6.60. The molecule has 1 aliphatic rings. The minimum Gasteiger partial charge on any atom is -0.482 e. The topological polar surface area (TPSA) is 64.6 Å². The van der Waals surface area contributed by atoms with Gasteiger partial charge in [0.05, 0.1) is 0 Å². The monoisotopic (exact) mass is 333 g/mol. The lowest BCUT2D eigenvalue weighted by Gasteiger charge is -2.21. The molecule has 0 aliphatic heterocycles. The van der Waals surface area contributed by atoms with Crippen LogP contribution in [0.25, 0.3) is 0 Å². The summed E-state index contributed by atoms with van der Waals surface area (Å²) in [5, 5.41) is 2.84. The Morgan fingerprint density at radius 1 is 1.08 bits per heavy atom. The van der Waals surface area contributed by atoms with Crippen LogP contribution in [0.5, 0.6) is 5.75 Å². The van der Waals surface area contributed by atoms with E-state index in [-0.39, 0.29) is 19.1 Å². The molecule has 0 atom stereocenters. The van der Waals surface area contributed by atoms with Gasteiger partial charge in [0.1, 0.15) is 5.75 Å². The molecule has 1 saturated carbocycles. The Kier molecular flexibility index (Phi) is 7.59. The summed E-state index contributed by atoms with van der Waals surface area (Å²) in [6.45, 7) is 2.31. The number of aryl methyl sites for hydroxylation is 1. The van der Waals surface area contributed by atoms with Crippen molar-refractivity contribution in [2.75, 3.05) is 19.8 Å². The zero-order valence-electron chi connectivity index (χ0n) is 14.4. The molecule has 1 aliphatic carbocycles. The average Bonchev–Trinajstić information content (AvgIpc) is 2.64. The van der Waals surface area contributed by atoms with Gasteiger partial charge >= 0.3 is 5.97 Å². The quantitative estimate of drug-likeness (QED) is 0.743. The lowest BCUT2D eigenvalue weighted by molar-refractivity contribution is -0.150. The first-order valence-corrected chi connectivity index (χ1v) is 8.81. The molecular formula is C19H27NO4. The van der Waals surface area contributed by atoms with Crippen LogP contribution in [-0.4, -0.2) is 31.6 Å². The molecule has 2 rings (SSSR count). The fourth-order valence-corrected chi connectivity index (χ4v) is 2.85. The maximum Gasteiger partial charge on any atom is 0.344 e. The van der Waals surface area contributed by atoms with Crippen LogP contribution in [0.2, 0.25) is 0 Å². The number of hydrogen-bond donors (Lipinski definition) is 1. The van der Waals surface area contributed by atoms with Gasteiger partial charge in [-0.3, -0.25) is 4.79 Å². The van der Waals surface area contributed by atoms with E-state index in [1.165, 1.54) is 37.7 Å². The van der Waals surface area contributed by atoms with Crippen LogP contribution >= 0.6 is 0 Å². The van der Waals surface area contributed by atoms with Crippen LogP contribution in [0.1, 0.15) is 44.6 Å². The van der Waals surface area contributed by atoms with Gasteiger partial charge in [0.15, 0.2) is 13.2 Å². The smallest absolute Gasteiger partial charge is 0.344 e. The molecule has 1 aromatic rings. The van der Waals surface area contributed by atoms with Gasteiger partial charge in [-0.2, -0.15) is 0 Å². The van der Waals surface area contributed by atoms with E-state index in [0.29, 0.717) is 18.2 Å². The van der Waals surface area contributed by atoms with Crippen LogP contribution in [0.4, 0.5) is 0 Å². The number of carbonyl (C=O) groups excluding carboxylic acids is 2. The summed E-state index contributed by atoms with van der Waals surface area (Å²) in [5.41, 5.74) is 1.21. The van der Waals surface area contributed by atoms with Gasteiger partial charge in [-0.05, 0) is 42.9 Å². The van der Waals surface area contributed by atoms with Gasteiger partial charge in [0, 0.05) is 6.54 Å². The Morgan fingerprint density at radius 3 is 2.46 bits per heavy atom. The maximum atomic E-state index is 11.7. The first kappa shape index (κ1) is 18.3. The lowest BCUT2D eigenvalue weighted by Crippen LogP contribution is -2.34. The zero-order chi connectivity index (χ0) is 17.2. The van der Waals surface area contributed by atoms with Gasteiger partial charge in [-0.15, -0.1) is 0 Å². The minimum atomic E-state index is -0.539. The van der Waals surface area contributed by atoms with Crippen LogP contribution in [0.15, 0.2) is 24.3 Å². The van der Waals surface area contributed by atoms with Gasteiger partial charge in [0.25, 0.3) is 5.91 Å². The highest BCUT2D eigenvalue weighted by Crippen LogP contribution is 2.22. The Hall–Kier alpha value is -2.04. The number of nitrogens with one attached hydrogen (secondary N) is 1. The number of rotatable bonds is 8. The third-order valence-corrected chi connectivity index (χ3v) is 4.37. The van der Waals surface area contributed by atoms with Crippen molar-refractivity contribution in [1.82, 2.24) is 5.32 Å². The van der Waals surface area contributed by atoms with Crippen molar-refractivity contribution in [3.8, 4) is 5.75 Å². The van der Waals surface area contributed by atoms with Crippen LogP contribution < -0.4 is 10.1 Å². The van der Waals surface area contributed by atoms with Crippen LogP contribution in [0, 0.1) is 5.92 Å². The van der Waals surface area contributed by atoms with Crippen molar-refractivity contribution in [3.63, 3.8) is 0 Å². The highest BCUT2D eigenvalue weighted by atomic mass is 16.6. The summed E-state index contributed by atoms with van der Waals surface area (Å²) < 4.78 is 10.3. The van der Waals surface area contributed by atoms with E-state index in [1.807, 2.05) is 24.3 Å². The zero-order valence-corrected chi connectivity index (χ0v) is 14.4. The van der Waals surface area contributed by atoms with E-state index in [1.54, 1.807) is 0 Å². The van der Waals surface area contributed by atoms with Crippen molar-refractivity contribution in [3.05, 3.63) is 29.8 Å². The third-order valence-electron chi connectivity index (χ3n) is 4.37. The Balaban J connectivity index is 1.58. The highest BCUT2D eigenvalue weighted by molar-refractivity contribution is 5.80.